The van der Waals surface area contributed by atoms with Gasteiger partial charge in [-0.25, -0.2) is 0 Å². The van der Waals surface area contributed by atoms with Gasteiger partial charge < -0.3 is 5.11 Å². The molecular weight excluding hydrogens is 112 g/mol. The zero-order valence-corrected chi connectivity index (χ0v) is 5.98. The molecule has 1 rings (SSSR count). The lowest BCUT2D eigenvalue weighted by Gasteiger charge is -2.07. The fraction of sp³-hybridized carbons (Fsp3) is 0.750. The molecule has 0 atom stereocenters. The number of hydrogen-bond donors (Lipinski definition) is 1. The first-order valence-corrected chi connectivity index (χ1v) is 3.44. The van der Waals surface area contributed by atoms with E-state index in [-0.39, 0.29) is 6.61 Å². The van der Waals surface area contributed by atoms with Crippen LogP contribution in [0.2, 0.25) is 0 Å². The Morgan fingerprint density at radius 1 is 1.67 bits per heavy atom. The molecule has 0 aromatic carbocycles. The Morgan fingerprint density at radius 3 is 2.56 bits per heavy atom. The Morgan fingerprint density at radius 2 is 2.22 bits per heavy atom. The highest BCUT2D eigenvalue weighted by atomic mass is 16.3. The van der Waals surface area contributed by atoms with E-state index in [4.69, 9.17) is 5.11 Å². The standard InChI is InChI=1S/C8H14O/c1-7(6-9)5-8(2)3-4-8/h9H,1,3-6H2,2H3. The largest absolute Gasteiger partial charge is 0.392 e. The van der Waals surface area contributed by atoms with Gasteiger partial charge in [0.05, 0.1) is 6.61 Å². The summed E-state index contributed by atoms with van der Waals surface area (Å²) in [5, 5.41) is 8.63. The van der Waals surface area contributed by atoms with Crippen molar-refractivity contribution in [2.24, 2.45) is 5.41 Å². The van der Waals surface area contributed by atoms with Crippen molar-refractivity contribution in [3.8, 4) is 0 Å². The molecule has 1 N–H and O–H groups in total. The molecule has 1 aliphatic carbocycles. The van der Waals surface area contributed by atoms with E-state index < -0.39 is 0 Å². The van der Waals surface area contributed by atoms with Crippen molar-refractivity contribution in [1.29, 1.82) is 0 Å². The summed E-state index contributed by atoms with van der Waals surface area (Å²) in [4.78, 5) is 0. The van der Waals surface area contributed by atoms with Gasteiger partial charge in [0.25, 0.3) is 0 Å². The Kier molecular flexibility index (Phi) is 1.62. The van der Waals surface area contributed by atoms with Crippen molar-refractivity contribution in [2.75, 3.05) is 6.61 Å². The molecule has 0 amide bonds. The lowest BCUT2D eigenvalue weighted by molar-refractivity contribution is 0.319. The molecule has 1 fully saturated rings. The van der Waals surface area contributed by atoms with Crippen LogP contribution in [0.3, 0.4) is 0 Å². The van der Waals surface area contributed by atoms with Crippen LogP contribution in [0.15, 0.2) is 12.2 Å². The number of aliphatic hydroxyl groups excluding tert-OH is 1. The first-order chi connectivity index (χ1) is 4.16. The fourth-order valence-electron chi connectivity index (χ4n) is 1.05. The van der Waals surface area contributed by atoms with Gasteiger partial charge in [0.15, 0.2) is 0 Å². The summed E-state index contributed by atoms with van der Waals surface area (Å²) in [6, 6.07) is 0. The molecule has 52 valence electrons. The maximum absolute atomic E-state index is 8.63. The molecule has 0 unspecified atom stereocenters. The van der Waals surface area contributed by atoms with Gasteiger partial charge in [-0.15, -0.1) is 0 Å². The Labute approximate surface area is 56.4 Å². The van der Waals surface area contributed by atoms with Crippen molar-refractivity contribution < 1.29 is 5.11 Å². The van der Waals surface area contributed by atoms with E-state index in [0.29, 0.717) is 5.41 Å². The molecule has 0 spiro atoms. The van der Waals surface area contributed by atoms with Crippen molar-refractivity contribution in [1.82, 2.24) is 0 Å². The van der Waals surface area contributed by atoms with E-state index >= 15 is 0 Å². The SMILES string of the molecule is C=C(CO)CC1(C)CC1. The van der Waals surface area contributed by atoms with Gasteiger partial charge in [-0.3, -0.25) is 0 Å². The van der Waals surface area contributed by atoms with Crippen LogP contribution in [0.25, 0.3) is 0 Å². The predicted molar refractivity (Wildman–Crippen MR) is 38.2 cm³/mol. The number of aliphatic hydroxyl groups is 1. The quantitative estimate of drug-likeness (QED) is 0.571. The minimum Gasteiger partial charge on any atom is -0.392 e. The molecule has 1 heteroatoms. The van der Waals surface area contributed by atoms with Gasteiger partial charge >= 0.3 is 0 Å². The molecule has 1 saturated carbocycles. The van der Waals surface area contributed by atoms with Gasteiger partial charge in [-0.05, 0) is 24.7 Å². The van der Waals surface area contributed by atoms with Gasteiger partial charge in [0.1, 0.15) is 0 Å². The second-order valence-electron chi connectivity index (χ2n) is 3.40. The van der Waals surface area contributed by atoms with E-state index in [1.807, 2.05) is 0 Å². The Hall–Kier alpha value is -0.300. The highest BCUT2D eigenvalue weighted by Gasteiger charge is 2.36. The molecule has 0 bridgehead atoms. The fourth-order valence-corrected chi connectivity index (χ4v) is 1.05. The first-order valence-electron chi connectivity index (χ1n) is 3.44. The normalized spacial score (nSPS) is 21.6. The highest BCUT2D eigenvalue weighted by Crippen LogP contribution is 2.49. The minimum atomic E-state index is 0.162. The summed E-state index contributed by atoms with van der Waals surface area (Å²) >= 11 is 0. The molecule has 1 aliphatic rings. The summed E-state index contributed by atoms with van der Waals surface area (Å²) in [6.07, 6.45) is 3.64. The Bertz CT molecular complexity index is 123. The topological polar surface area (TPSA) is 20.2 Å². The van der Waals surface area contributed by atoms with Crippen LogP contribution in [0.1, 0.15) is 26.2 Å². The lowest BCUT2D eigenvalue weighted by atomic mass is 10.0. The summed E-state index contributed by atoms with van der Waals surface area (Å²) in [6.45, 7) is 6.15. The van der Waals surface area contributed by atoms with Gasteiger partial charge in [0.2, 0.25) is 0 Å². The molecule has 0 heterocycles. The first kappa shape index (κ1) is 6.81. The summed E-state index contributed by atoms with van der Waals surface area (Å²) in [7, 11) is 0. The summed E-state index contributed by atoms with van der Waals surface area (Å²) in [5.74, 6) is 0. The van der Waals surface area contributed by atoms with E-state index in [0.717, 1.165) is 12.0 Å². The van der Waals surface area contributed by atoms with E-state index in [1.165, 1.54) is 12.8 Å². The van der Waals surface area contributed by atoms with Crippen LogP contribution in [0.5, 0.6) is 0 Å². The van der Waals surface area contributed by atoms with Crippen LogP contribution >= 0.6 is 0 Å². The Balaban J connectivity index is 2.25. The molecular formula is C8H14O. The van der Waals surface area contributed by atoms with E-state index in [9.17, 15) is 0 Å². The van der Waals surface area contributed by atoms with Crippen molar-refractivity contribution in [2.45, 2.75) is 26.2 Å². The number of hydrogen-bond acceptors (Lipinski definition) is 1. The van der Waals surface area contributed by atoms with Crippen molar-refractivity contribution in [3.05, 3.63) is 12.2 Å². The third-order valence-corrected chi connectivity index (χ3v) is 2.00. The monoisotopic (exact) mass is 126 g/mol. The summed E-state index contributed by atoms with van der Waals surface area (Å²) < 4.78 is 0. The predicted octanol–water partition coefficient (Wildman–Crippen LogP) is 1.73. The molecule has 1 nitrogen and oxygen atoms in total. The molecule has 0 saturated heterocycles. The van der Waals surface area contributed by atoms with Crippen LogP contribution in [-0.2, 0) is 0 Å². The van der Waals surface area contributed by atoms with Crippen molar-refractivity contribution >= 4 is 0 Å². The maximum Gasteiger partial charge on any atom is 0.0639 e. The zero-order valence-electron chi connectivity index (χ0n) is 5.98. The average Bonchev–Trinajstić information content (AvgIpc) is 2.48. The molecule has 0 aromatic rings. The lowest BCUT2D eigenvalue weighted by Crippen LogP contribution is -1.97. The minimum absolute atomic E-state index is 0.162. The zero-order chi connectivity index (χ0) is 6.91. The molecule has 0 aliphatic heterocycles. The van der Waals surface area contributed by atoms with Crippen LogP contribution in [0.4, 0.5) is 0 Å². The molecule has 0 aromatic heterocycles. The molecule has 0 radical (unpaired) electrons. The van der Waals surface area contributed by atoms with Crippen LogP contribution < -0.4 is 0 Å². The van der Waals surface area contributed by atoms with Crippen LogP contribution in [-0.4, -0.2) is 11.7 Å². The third-order valence-electron chi connectivity index (χ3n) is 2.00. The average molecular weight is 126 g/mol. The van der Waals surface area contributed by atoms with Gasteiger partial charge in [-0.1, -0.05) is 19.1 Å². The van der Waals surface area contributed by atoms with Crippen LogP contribution in [0, 0.1) is 5.41 Å². The smallest absolute Gasteiger partial charge is 0.0639 e. The second-order valence-corrected chi connectivity index (χ2v) is 3.40. The highest BCUT2D eigenvalue weighted by molar-refractivity contribution is 5.04. The van der Waals surface area contributed by atoms with E-state index in [2.05, 4.69) is 13.5 Å². The van der Waals surface area contributed by atoms with E-state index in [1.54, 1.807) is 0 Å². The third kappa shape index (κ3) is 1.83. The van der Waals surface area contributed by atoms with Crippen molar-refractivity contribution in [3.63, 3.8) is 0 Å². The second kappa shape index (κ2) is 2.14. The van der Waals surface area contributed by atoms with Gasteiger partial charge in [-0.2, -0.15) is 0 Å². The number of rotatable bonds is 3. The van der Waals surface area contributed by atoms with Gasteiger partial charge in [0, 0.05) is 0 Å². The maximum atomic E-state index is 8.63. The summed E-state index contributed by atoms with van der Waals surface area (Å²) in [5.41, 5.74) is 1.50. The molecule has 9 heavy (non-hydrogen) atoms.